The molecule has 0 saturated heterocycles. The van der Waals surface area contributed by atoms with Crippen molar-refractivity contribution in [3.05, 3.63) is 29.2 Å². The van der Waals surface area contributed by atoms with Gasteiger partial charge in [0.2, 0.25) is 11.8 Å². The summed E-state index contributed by atoms with van der Waals surface area (Å²) in [5, 5.41) is 19.8. The predicted octanol–water partition coefficient (Wildman–Crippen LogP) is 3.18. The van der Waals surface area contributed by atoms with Crippen molar-refractivity contribution in [3.63, 3.8) is 0 Å². The largest absolute Gasteiger partial charge is 0.396 e. The molecule has 2 aromatic rings. The number of aromatic nitrogens is 3. The quantitative estimate of drug-likeness (QED) is 0.614. The molecule has 9 heteroatoms. The van der Waals surface area contributed by atoms with Crippen LogP contribution in [0, 0.1) is 11.3 Å². The van der Waals surface area contributed by atoms with Crippen LogP contribution in [0.5, 0.6) is 0 Å². The van der Waals surface area contributed by atoms with Crippen molar-refractivity contribution in [2.24, 2.45) is 11.3 Å². The van der Waals surface area contributed by atoms with Crippen LogP contribution < -0.4 is 10.6 Å². The number of halogens is 1. The zero-order chi connectivity index (χ0) is 22.9. The summed E-state index contributed by atoms with van der Waals surface area (Å²) >= 11 is 6.47. The van der Waals surface area contributed by atoms with Crippen molar-refractivity contribution < 1.29 is 14.7 Å². The number of aliphatic hydroxyl groups excluding tert-OH is 1. The molecule has 2 amide bonds. The molecular formula is C23H30ClN5O3. The van der Waals surface area contributed by atoms with E-state index in [0.717, 1.165) is 49.0 Å². The smallest absolute Gasteiger partial charge is 0.228 e. The maximum absolute atomic E-state index is 12.9. The summed E-state index contributed by atoms with van der Waals surface area (Å²) in [7, 11) is 0. The summed E-state index contributed by atoms with van der Waals surface area (Å²) < 4.78 is 2.03. The highest BCUT2D eigenvalue weighted by molar-refractivity contribution is 6.33. The van der Waals surface area contributed by atoms with Crippen LogP contribution in [-0.2, 0) is 22.6 Å². The van der Waals surface area contributed by atoms with Gasteiger partial charge in [0.15, 0.2) is 0 Å². The van der Waals surface area contributed by atoms with Crippen molar-refractivity contribution in [3.8, 4) is 11.1 Å². The Bertz CT molecular complexity index is 1020. The number of amides is 2. The van der Waals surface area contributed by atoms with Gasteiger partial charge in [-0.25, -0.2) is 4.98 Å². The Morgan fingerprint density at radius 1 is 1.28 bits per heavy atom. The zero-order valence-corrected chi connectivity index (χ0v) is 19.3. The molecule has 1 fully saturated rings. The number of hydrogen-bond acceptors (Lipinski definition) is 5. The van der Waals surface area contributed by atoms with Gasteiger partial charge in [0.25, 0.3) is 0 Å². The van der Waals surface area contributed by atoms with E-state index in [1.54, 1.807) is 6.20 Å². The summed E-state index contributed by atoms with van der Waals surface area (Å²) in [4.78, 5) is 29.0. The number of rotatable bonds is 6. The summed E-state index contributed by atoms with van der Waals surface area (Å²) in [5.41, 5.74) is 3.09. The first kappa shape index (κ1) is 22.7. The molecule has 8 nitrogen and oxygen atoms in total. The minimum atomic E-state index is -0.203. The van der Waals surface area contributed by atoms with E-state index in [2.05, 4.69) is 34.6 Å². The van der Waals surface area contributed by atoms with Crippen LogP contribution in [-0.4, -0.2) is 44.3 Å². The van der Waals surface area contributed by atoms with Gasteiger partial charge in [0, 0.05) is 47.9 Å². The maximum atomic E-state index is 12.9. The lowest BCUT2D eigenvalue weighted by atomic mass is 9.85. The van der Waals surface area contributed by atoms with Gasteiger partial charge in [-0.2, -0.15) is 5.10 Å². The lowest BCUT2D eigenvalue weighted by Crippen LogP contribution is -2.41. The van der Waals surface area contributed by atoms with Crippen molar-refractivity contribution in [1.29, 1.82) is 0 Å². The number of aliphatic hydroxyl groups is 1. The predicted molar refractivity (Wildman–Crippen MR) is 122 cm³/mol. The normalized spacial score (nSPS) is 21.8. The Hall–Kier alpha value is -2.45. The van der Waals surface area contributed by atoms with E-state index in [1.165, 1.54) is 0 Å². The van der Waals surface area contributed by atoms with Gasteiger partial charge >= 0.3 is 0 Å². The van der Waals surface area contributed by atoms with Crippen molar-refractivity contribution in [2.45, 2.75) is 65.0 Å². The van der Waals surface area contributed by atoms with E-state index in [1.807, 2.05) is 16.9 Å². The first-order valence-corrected chi connectivity index (χ1v) is 11.6. The zero-order valence-electron chi connectivity index (χ0n) is 18.5. The fourth-order valence-corrected chi connectivity index (χ4v) is 4.98. The molecular weight excluding hydrogens is 430 g/mol. The number of hydrogen-bond donors (Lipinski definition) is 3. The first-order valence-electron chi connectivity index (χ1n) is 11.2. The number of nitrogens with zero attached hydrogens (tertiary/aromatic N) is 3. The average Bonchev–Trinajstić information content (AvgIpc) is 3.24. The van der Waals surface area contributed by atoms with E-state index in [0.29, 0.717) is 17.3 Å². The molecule has 4 rings (SSSR count). The van der Waals surface area contributed by atoms with Crippen LogP contribution >= 0.6 is 11.6 Å². The second kappa shape index (κ2) is 9.19. The fraction of sp³-hybridized carbons (Fsp3) is 0.565. The van der Waals surface area contributed by atoms with Gasteiger partial charge in [0.1, 0.15) is 5.82 Å². The topological polar surface area (TPSA) is 109 Å². The van der Waals surface area contributed by atoms with E-state index in [9.17, 15) is 9.59 Å². The molecule has 3 heterocycles. The number of anilines is 1. The van der Waals surface area contributed by atoms with E-state index < -0.39 is 0 Å². The molecule has 0 spiro atoms. The maximum Gasteiger partial charge on any atom is 0.228 e. The lowest BCUT2D eigenvalue weighted by Gasteiger charge is -2.29. The van der Waals surface area contributed by atoms with Gasteiger partial charge in [-0.15, -0.1) is 0 Å². The molecule has 1 aliphatic heterocycles. The van der Waals surface area contributed by atoms with Crippen LogP contribution in [0.2, 0.25) is 5.02 Å². The van der Waals surface area contributed by atoms with E-state index in [-0.39, 0.29) is 42.2 Å². The SMILES string of the molecule is CC1(C)Cc2c(-c3cc(NC(=O)C4CCCC(NC(=O)CCO)C4)ncc3Cl)cnn2C1. The Morgan fingerprint density at radius 2 is 2.09 bits per heavy atom. The molecule has 2 aliphatic rings. The summed E-state index contributed by atoms with van der Waals surface area (Å²) in [5.74, 6) is -0.0314. The third-order valence-corrected chi connectivity index (χ3v) is 6.62. The van der Waals surface area contributed by atoms with Gasteiger partial charge in [-0.1, -0.05) is 31.9 Å². The fourth-order valence-electron chi connectivity index (χ4n) is 4.78. The van der Waals surface area contributed by atoms with Crippen LogP contribution in [0.15, 0.2) is 18.5 Å². The Morgan fingerprint density at radius 3 is 2.88 bits per heavy atom. The second-order valence-corrected chi connectivity index (χ2v) is 10.1. The van der Waals surface area contributed by atoms with E-state index in [4.69, 9.17) is 16.7 Å². The van der Waals surface area contributed by atoms with Crippen LogP contribution in [0.4, 0.5) is 5.82 Å². The van der Waals surface area contributed by atoms with Gasteiger partial charge in [-0.3, -0.25) is 14.3 Å². The molecule has 1 aliphatic carbocycles. The van der Waals surface area contributed by atoms with Crippen molar-refractivity contribution in [2.75, 3.05) is 11.9 Å². The molecule has 0 aromatic carbocycles. The number of carbonyl (C=O) groups is 2. The summed E-state index contributed by atoms with van der Waals surface area (Å²) in [6, 6.07) is 1.76. The number of fused-ring (bicyclic) bond motifs is 1. The van der Waals surface area contributed by atoms with Gasteiger partial charge in [-0.05, 0) is 37.2 Å². The van der Waals surface area contributed by atoms with Crippen molar-refractivity contribution >= 4 is 29.2 Å². The first-order chi connectivity index (χ1) is 15.3. The third-order valence-electron chi connectivity index (χ3n) is 6.32. The Kier molecular flexibility index (Phi) is 6.53. The van der Waals surface area contributed by atoms with Crippen LogP contribution in [0.25, 0.3) is 11.1 Å². The van der Waals surface area contributed by atoms with Crippen molar-refractivity contribution in [1.82, 2.24) is 20.1 Å². The molecule has 2 aromatic heterocycles. The van der Waals surface area contributed by atoms with Crippen LogP contribution in [0.1, 0.15) is 51.6 Å². The number of nitrogens with one attached hydrogen (secondary N) is 2. The minimum absolute atomic E-state index is 0.0503. The molecule has 1 saturated carbocycles. The highest BCUT2D eigenvalue weighted by atomic mass is 35.5. The minimum Gasteiger partial charge on any atom is -0.396 e. The highest BCUT2D eigenvalue weighted by Crippen LogP contribution is 2.39. The molecule has 0 bridgehead atoms. The molecule has 0 radical (unpaired) electrons. The molecule has 2 unspecified atom stereocenters. The van der Waals surface area contributed by atoms with Crippen LogP contribution in [0.3, 0.4) is 0 Å². The molecule has 32 heavy (non-hydrogen) atoms. The number of pyridine rings is 1. The standard InChI is InChI=1S/C23H30ClN5O3/c1-23(2)10-19-17(11-26-29(19)13-23)16-9-20(25-12-18(16)24)28-22(32)14-4-3-5-15(8-14)27-21(31)6-7-30/h9,11-12,14-15,30H,3-8,10,13H2,1-2H3,(H,27,31)(H,25,28,32). The summed E-state index contributed by atoms with van der Waals surface area (Å²) in [6.45, 7) is 5.13. The number of carbonyl (C=O) groups excluding carboxylic acids is 2. The summed E-state index contributed by atoms with van der Waals surface area (Å²) in [6.07, 6.45) is 7.44. The van der Waals surface area contributed by atoms with E-state index >= 15 is 0 Å². The average molecular weight is 460 g/mol. The molecule has 2 atom stereocenters. The monoisotopic (exact) mass is 459 g/mol. The Balaban J connectivity index is 1.46. The highest BCUT2D eigenvalue weighted by Gasteiger charge is 2.32. The van der Waals surface area contributed by atoms with Gasteiger partial charge < -0.3 is 15.7 Å². The third kappa shape index (κ3) is 4.96. The lowest BCUT2D eigenvalue weighted by molar-refractivity contribution is -0.125. The second-order valence-electron chi connectivity index (χ2n) is 9.64. The Labute approximate surface area is 192 Å². The molecule has 172 valence electrons. The molecule has 3 N–H and O–H groups in total. The van der Waals surface area contributed by atoms with Gasteiger partial charge in [0.05, 0.1) is 17.8 Å².